The van der Waals surface area contributed by atoms with E-state index >= 15 is 0 Å². The van der Waals surface area contributed by atoms with Crippen LogP contribution in [-0.2, 0) is 13.2 Å². The van der Waals surface area contributed by atoms with Crippen molar-refractivity contribution in [3.63, 3.8) is 0 Å². The molecule has 2 rings (SSSR count). The summed E-state index contributed by atoms with van der Waals surface area (Å²) in [6.07, 6.45) is 0. The minimum absolute atomic E-state index is 0.107. The van der Waals surface area contributed by atoms with E-state index in [1.54, 1.807) is 12.1 Å². The molecule has 0 fully saturated rings. The summed E-state index contributed by atoms with van der Waals surface area (Å²) in [4.78, 5) is 0. The summed E-state index contributed by atoms with van der Waals surface area (Å²) < 4.78 is 19.5. The van der Waals surface area contributed by atoms with Crippen molar-refractivity contribution in [2.45, 2.75) is 20.1 Å². The van der Waals surface area contributed by atoms with Gasteiger partial charge in [0.2, 0.25) is 0 Å². The normalized spacial score (nSPS) is 10.1. The molecule has 0 aliphatic heterocycles. The quantitative estimate of drug-likeness (QED) is 0.929. The molecule has 2 N–H and O–H groups in total. The molecule has 0 atom stereocenters. The maximum Gasteiger partial charge on any atom is 0.131 e. The second-order valence-corrected chi connectivity index (χ2v) is 4.47. The van der Waals surface area contributed by atoms with Crippen LogP contribution in [0.4, 0.5) is 4.39 Å². The van der Waals surface area contributed by atoms with Crippen molar-refractivity contribution in [2.75, 3.05) is 0 Å². The number of nitrogens with two attached hydrogens (primary N) is 1. The summed E-state index contributed by atoms with van der Waals surface area (Å²) in [6.45, 7) is 2.39. The van der Waals surface area contributed by atoms with Crippen molar-refractivity contribution in [1.82, 2.24) is 0 Å². The second kappa shape index (κ2) is 6.18. The van der Waals surface area contributed by atoms with Gasteiger partial charge in [-0.25, -0.2) is 4.39 Å². The highest BCUT2D eigenvalue weighted by atomic mass is 19.1. The predicted octanol–water partition coefficient (Wildman–Crippen LogP) is 3.04. The Morgan fingerprint density at radius 1 is 1.25 bits per heavy atom. The Labute approximate surface area is 117 Å². The van der Waals surface area contributed by atoms with Gasteiger partial charge in [0, 0.05) is 17.7 Å². The average Bonchev–Trinajstić information content (AvgIpc) is 2.46. The van der Waals surface area contributed by atoms with Crippen molar-refractivity contribution in [2.24, 2.45) is 5.73 Å². The second-order valence-electron chi connectivity index (χ2n) is 4.47. The van der Waals surface area contributed by atoms with Crippen LogP contribution in [0.3, 0.4) is 0 Å². The number of aryl methyl sites for hydroxylation is 1. The molecule has 2 aromatic carbocycles. The fourth-order valence-corrected chi connectivity index (χ4v) is 1.96. The van der Waals surface area contributed by atoms with Crippen LogP contribution in [0, 0.1) is 24.1 Å². The average molecular weight is 270 g/mol. The molecule has 2 aromatic rings. The Morgan fingerprint density at radius 3 is 2.70 bits per heavy atom. The van der Waals surface area contributed by atoms with Gasteiger partial charge in [0.15, 0.2) is 0 Å². The van der Waals surface area contributed by atoms with Crippen LogP contribution in [-0.4, -0.2) is 0 Å². The molecule has 0 heterocycles. The summed E-state index contributed by atoms with van der Waals surface area (Å²) in [5.41, 5.74) is 8.22. The fourth-order valence-electron chi connectivity index (χ4n) is 1.96. The summed E-state index contributed by atoms with van der Waals surface area (Å²) in [5.74, 6) is 0.255. The molecule has 20 heavy (non-hydrogen) atoms. The first-order valence-electron chi connectivity index (χ1n) is 6.25. The number of ether oxygens (including phenoxy) is 1. The van der Waals surface area contributed by atoms with Crippen molar-refractivity contribution >= 4 is 0 Å². The van der Waals surface area contributed by atoms with Gasteiger partial charge in [0.1, 0.15) is 18.2 Å². The minimum atomic E-state index is -0.438. The zero-order valence-corrected chi connectivity index (χ0v) is 11.2. The van der Waals surface area contributed by atoms with Crippen LogP contribution in [0.5, 0.6) is 5.75 Å². The Balaban J connectivity index is 2.19. The number of hydrogen-bond acceptors (Lipinski definition) is 3. The Morgan fingerprint density at radius 2 is 2.05 bits per heavy atom. The van der Waals surface area contributed by atoms with E-state index in [-0.39, 0.29) is 6.61 Å². The molecule has 0 radical (unpaired) electrons. The molecule has 102 valence electrons. The number of halogens is 1. The lowest BCUT2D eigenvalue weighted by Crippen LogP contribution is -2.05. The minimum Gasteiger partial charge on any atom is -0.488 e. The summed E-state index contributed by atoms with van der Waals surface area (Å²) in [5, 5.41) is 8.70. The molecule has 0 amide bonds. The lowest BCUT2D eigenvalue weighted by atomic mass is 10.1. The van der Waals surface area contributed by atoms with E-state index in [9.17, 15) is 4.39 Å². The molecule has 0 spiro atoms. The molecule has 4 heteroatoms. The van der Waals surface area contributed by atoms with Crippen LogP contribution < -0.4 is 10.5 Å². The zero-order chi connectivity index (χ0) is 14.5. The summed E-state index contributed by atoms with van der Waals surface area (Å²) >= 11 is 0. The largest absolute Gasteiger partial charge is 0.488 e. The van der Waals surface area contributed by atoms with E-state index in [0.29, 0.717) is 23.4 Å². The van der Waals surface area contributed by atoms with Gasteiger partial charge >= 0.3 is 0 Å². The Bertz CT molecular complexity index is 662. The molecule has 0 aliphatic rings. The lowest BCUT2D eigenvalue weighted by Gasteiger charge is -2.13. The maximum atomic E-state index is 13.8. The maximum absolute atomic E-state index is 13.8. The summed E-state index contributed by atoms with van der Waals surface area (Å²) in [6, 6.07) is 12.0. The van der Waals surface area contributed by atoms with Crippen molar-refractivity contribution in [3.8, 4) is 11.8 Å². The van der Waals surface area contributed by atoms with Crippen LogP contribution in [0.25, 0.3) is 0 Å². The number of rotatable bonds is 4. The number of benzene rings is 2. The van der Waals surface area contributed by atoms with Gasteiger partial charge in [0.05, 0.1) is 11.6 Å². The van der Waals surface area contributed by atoms with Gasteiger partial charge in [-0.15, -0.1) is 0 Å². The molecule has 0 aromatic heterocycles. The molecule has 0 saturated carbocycles. The van der Waals surface area contributed by atoms with E-state index in [0.717, 1.165) is 11.1 Å². The third-order valence-corrected chi connectivity index (χ3v) is 3.07. The standard InChI is InChI=1S/C16H15FN2O/c1-11-3-2-4-13(9-19)16(11)20-10-14-6-5-12(8-18)7-15(14)17/h2-7H,9-10,19H2,1H3. The highest BCUT2D eigenvalue weighted by molar-refractivity contribution is 5.41. The highest BCUT2D eigenvalue weighted by Gasteiger charge is 2.08. The lowest BCUT2D eigenvalue weighted by molar-refractivity contribution is 0.294. The molecule has 0 bridgehead atoms. The van der Waals surface area contributed by atoms with E-state index in [2.05, 4.69) is 0 Å². The fraction of sp³-hybridized carbons (Fsp3) is 0.188. The smallest absolute Gasteiger partial charge is 0.131 e. The van der Waals surface area contributed by atoms with Crippen LogP contribution in [0.2, 0.25) is 0 Å². The van der Waals surface area contributed by atoms with Gasteiger partial charge in [0.25, 0.3) is 0 Å². The van der Waals surface area contributed by atoms with E-state index in [1.807, 2.05) is 31.2 Å². The molecular weight excluding hydrogens is 255 g/mol. The van der Waals surface area contributed by atoms with Crippen LogP contribution >= 0.6 is 0 Å². The molecule has 3 nitrogen and oxygen atoms in total. The third kappa shape index (κ3) is 2.95. The number of para-hydroxylation sites is 1. The van der Waals surface area contributed by atoms with Crippen LogP contribution in [0.15, 0.2) is 36.4 Å². The van der Waals surface area contributed by atoms with Gasteiger partial charge in [-0.05, 0) is 24.6 Å². The monoisotopic (exact) mass is 270 g/mol. The van der Waals surface area contributed by atoms with Crippen LogP contribution in [0.1, 0.15) is 22.3 Å². The molecule has 0 saturated heterocycles. The number of nitrogens with zero attached hydrogens (tertiary/aromatic N) is 1. The zero-order valence-electron chi connectivity index (χ0n) is 11.2. The Kier molecular flexibility index (Phi) is 4.34. The Hall–Kier alpha value is -2.38. The van der Waals surface area contributed by atoms with E-state index < -0.39 is 5.82 Å². The van der Waals surface area contributed by atoms with Gasteiger partial charge < -0.3 is 10.5 Å². The topological polar surface area (TPSA) is 59.0 Å². The first-order chi connectivity index (χ1) is 9.65. The van der Waals surface area contributed by atoms with Gasteiger partial charge in [-0.2, -0.15) is 5.26 Å². The molecule has 0 unspecified atom stereocenters. The van der Waals surface area contributed by atoms with Crippen molar-refractivity contribution in [3.05, 3.63) is 64.5 Å². The van der Waals surface area contributed by atoms with E-state index in [4.69, 9.17) is 15.7 Å². The third-order valence-electron chi connectivity index (χ3n) is 3.07. The first kappa shape index (κ1) is 14.0. The van der Waals surface area contributed by atoms with Crippen molar-refractivity contribution in [1.29, 1.82) is 5.26 Å². The summed E-state index contributed by atoms with van der Waals surface area (Å²) in [7, 11) is 0. The molecular formula is C16H15FN2O. The highest BCUT2D eigenvalue weighted by Crippen LogP contribution is 2.24. The van der Waals surface area contributed by atoms with Crippen molar-refractivity contribution < 1.29 is 9.13 Å². The number of hydrogen-bond donors (Lipinski definition) is 1. The number of nitriles is 1. The molecule has 0 aliphatic carbocycles. The van der Waals surface area contributed by atoms with Gasteiger partial charge in [-0.3, -0.25) is 0 Å². The first-order valence-corrected chi connectivity index (χ1v) is 6.25. The predicted molar refractivity (Wildman–Crippen MR) is 74.5 cm³/mol. The SMILES string of the molecule is Cc1cccc(CN)c1OCc1ccc(C#N)cc1F. The van der Waals surface area contributed by atoms with Gasteiger partial charge in [-0.1, -0.05) is 24.3 Å². The van der Waals surface area contributed by atoms with E-state index in [1.165, 1.54) is 6.07 Å².